The van der Waals surface area contributed by atoms with Gasteiger partial charge in [-0.05, 0) is 32.0 Å². The van der Waals surface area contributed by atoms with Crippen LogP contribution in [-0.2, 0) is 11.3 Å². The number of hydrogen-bond acceptors (Lipinski definition) is 4. The van der Waals surface area contributed by atoms with Crippen molar-refractivity contribution in [3.05, 3.63) is 52.8 Å². The third kappa shape index (κ3) is 4.29. The summed E-state index contributed by atoms with van der Waals surface area (Å²) in [6.45, 7) is 3.62. The first kappa shape index (κ1) is 16.4. The smallest absolute Gasteiger partial charge is 0.267 e. The van der Waals surface area contributed by atoms with Gasteiger partial charge in [-0.1, -0.05) is 30.3 Å². The Balaban J connectivity index is 1.59. The van der Waals surface area contributed by atoms with Crippen molar-refractivity contribution in [3.8, 4) is 11.3 Å². The fourth-order valence-electron chi connectivity index (χ4n) is 2.88. The molecular weight excluding hydrogens is 304 g/mol. The highest BCUT2D eigenvalue weighted by Crippen LogP contribution is 2.13. The first-order valence-electron chi connectivity index (χ1n) is 8.35. The van der Waals surface area contributed by atoms with Gasteiger partial charge in [-0.25, -0.2) is 4.68 Å². The van der Waals surface area contributed by atoms with Crippen LogP contribution in [0.1, 0.15) is 12.8 Å². The van der Waals surface area contributed by atoms with E-state index in [4.69, 9.17) is 0 Å². The summed E-state index contributed by atoms with van der Waals surface area (Å²) in [5, 5.41) is 7.17. The maximum atomic E-state index is 12.1. The standard InChI is InChI=1S/C18H22N4O2/c23-17(19-10-13-21-11-4-5-12-21)14-22-18(24)9-8-16(20-22)15-6-2-1-3-7-15/h1-3,6-9H,4-5,10-14H2,(H,19,23). The van der Waals surface area contributed by atoms with Gasteiger partial charge in [0.15, 0.2) is 0 Å². The predicted molar refractivity (Wildman–Crippen MR) is 92.6 cm³/mol. The lowest BCUT2D eigenvalue weighted by atomic mass is 10.1. The van der Waals surface area contributed by atoms with E-state index >= 15 is 0 Å². The third-order valence-electron chi connectivity index (χ3n) is 4.18. The summed E-state index contributed by atoms with van der Waals surface area (Å²) in [6, 6.07) is 12.7. The monoisotopic (exact) mass is 326 g/mol. The Morgan fingerprint density at radius 3 is 2.58 bits per heavy atom. The van der Waals surface area contributed by atoms with Gasteiger partial charge in [-0.15, -0.1) is 0 Å². The number of nitrogens with zero attached hydrogens (tertiary/aromatic N) is 3. The fourth-order valence-corrected chi connectivity index (χ4v) is 2.88. The zero-order valence-electron chi connectivity index (χ0n) is 13.6. The highest BCUT2D eigenvalue weighted by atomic mass is 16.2. The van der Waals surface area contributed by atoms with Gasteiger partial charge in [-0.2, -0.15) is 5.10 Å². The van der Waals surface area contributed by atoms with Gasteiger partial charge in [-0.3, -0.25) is 9.59 Å². The second-order valence-corrected chi connectivity index (χ2v) is 5.98. The summed E-state index contributed by atoms with van der Waals surface area (Å²) in [6.07, 6.45) is 2.47. The van der Waals surface area contributed by atoms with Crippen LogP contribution >= 0.6 is 0 Å². The van der Waals surface area contributed by atoms with Crippen LogP contribution in [0, 0.1) is 0 Å². The van der Waals surface area contributed by atoms with Crippen LogP contribution < -0.4 is 10.9 Å². The van der Waals surface area contributed by atoms with Gasteiger partial charge in [0.05, 0.1) is 5.69 Å². The number of benzene rings is 1. The molecular formula is C18H22N4O2. The van der Waals surface area contributed by atoms with Crippen LogP contribution in [0.15, 0.2) is 47.3 Å². The van der Waals surface area contributed by atoms with Crippen LogP contribution in [0.3, 0.4) is 0 Å². The molecule has 3 rings (SSSR count). The minimum atomic E-state index is -0.274. The molecule has 1 aliphatic heterocycles. The Hall–Kier alpha value is -2.47. The average Bonchev–Trinajstić information content (AvgIpc) is 3.11. The van der Waals surface area contributed by atoms with Crippen LogP contribution in [0.25, 0.3) is 11.3 Å². The van der Waals surface area contributed by atoms with E-state index in [1.54, 1.807) is 6.07 Å². The lowest BCUT2D eigenvalue weighted by molar-refractivity contribution is -0.121. The Bertz CT molecular complexity index is 736. The topological polar surface area (TPSA) is 67.2 Å². The molecule has 1 aromatic carbocycles. The molecule has 0 spiro atoms. The van der Waals surface area contributed by atoms with E-state index in [2.05, 4.69) is 15.3 Å². The SMILES string of the molecule is O=C(Cn1nc(-c2ccccc2)ccc1=O)NCCN1CCCC1. The minimum absolute atomic E-state index is 0.0560. The van der Waals surface area contributed by atoms with Crippen molar-refractivity contribution >= 4 is 5.91 Å². The minimum Gasteiger partial charge on any atom is -0.353 e. The molecule has 24 heavy (non-hydrogen) atoms. The highest BCUT2D eigenvalue weighted by molar-refractivity contribution is 5.75. The van der Waals surface area contributed by atoms with E-state index in [0.717, 1.165) is 25.2 Å². The van der Waals surface area contributed by atoms with Crippen LogP contribution in [0.2, 0.25) is 0 Å². The molecule has 0 saturated carbocycles. The molecule has 0 unspecified atom stereocenters. The molecule has 1 saturated heterocycles. The molecule has 0 radical (unpaired) electrons. The molecule has 6 nitrogen and oxygen atoms in total. The average molecular weight is 326 g/mol. The number of nitrogens with one attached hydrogen (secondary N) is 1. The van der Waals surface area contributed by atoms with Gasteiger partial charge in [0.2, 0.25) is 5.91 Å². The van der Waals surface area contributed by atoms with Crippen LogP contribution in [0.5, 0.6) is 0 Å². The summed E-state index contributed by atoms with van der Waals surface area (Å²) in [5.74, 6) is -0.186. The molecule has 1 fully saturated rings. The van der Waals surface area contributed by atoms with Crippen molar-refractivity contribution in [2.24, 2.45) is 0 Å². The summed E-state index contributed by atoms with van der Waals surface area (Å²) < 4.78 is 1.22. The van der Waals surface area contributed by atoms with E-state index in [1.807, 2.05) is 30.3 Å². The van der Waals surface area contributed by atoms with Crippen molar-refractivity contribution in [2.75, 3.05) is 26.2 Å². The van der Waals surface area contributed by atoms with Gasteiger partial charge in [0.1, 0.15) is 6.54 Å². The number of rotatable bonds is 6. The van der Waals surface area contributed by atoms with E-state index in [0.29, 0.717) is 12.2 Å². The highest BCUT2D eigenvalue weighted by Gasteiger charge is 2.12. The Labute approximate surface area is 141 Å². The van der Waals surface area contributed by atoms with Crippen molar-refractivity contribution < 1.29 is 4.79 Å². The Kier molecular flexibility index (Phi) is 5.38. The molecule has 2 aromatic rings. The predicted octanol–water partition coefficient (Wildman–Crippen LogP) is 1.12. The largest absolute Gasteiger partial charge is 0.353 e. The molecule has 1 N–H and O–H groups in total. The summed E-state index contributed by atoms with van der Waals surface area (Å²) in [5.41, 5.74) is 1.32. The Morgan fingerprint density at radius 2 is 1.83 bits per heavy atom. The first-order chi connectivity index (χ1) is 11.7. The maximum absolute atomic E-state index is 12.1. The lowest BCUT2D eigenvalue weighted by Gasteiger charge is -2.14. The van der Waals surface area contributed by atoms with Crippen molar-refractivity contribution in [2.45, 2.75) is 19.4 Å². The Morgan fingerprint density at radius 1 is 1.08 bits per heavy atom. The summed E-state index contributed by atoms with van der Waals surface area (Å²) >= 11 is 0. The summed E-state index contributed by atoms with van der Waals surface area (Å²) in [7, 11) is 0. The molecule has 0 atom stereocenters. The second kappa shape index (κ2) is 7.88. The molecule has 1 aliphatic rings. The van der Waals surface area contributed by atoms with Crippen LogP contribution in [0.4, 0.5) is 0 Å². The molecule has 0 bridgehead atoms. The quantitative estimate of drug-likeness (QED) is 0.864. The fraction of sp³-hybridized carbons (Fsp3) is 0.389. The van der Waals surface area contributed by atoms with E-state index in [9.17, 15) is 9.59 Å². The van der Waals surface area contributed by atoms with Gasteiger partial charge in [0.25, 0.3) is 5.56 Å². The van der Waals surface area contributed by atoms with Gasteiger partial charge < -0.3 is 10.2 Å². The van der Waals surface area contributed by atoms with E-state index in [-0.39, 0.29) is 18.0 Å². The van der Waals surface area contributed by atoms with Crippen LogP contribution in [-0.4, -0.2) is 46.8 Å². The number of aromatic nitrogens is 2. The molecule has 1 aromatic heterocycles. The molecule has 2 heterocycles. The van der Waals surface area contributed by atoms with Crippen molar-refractivity contribution in [3.63, 3.8) is 0 Å². The molecule has 0 aliphatic carbocycles. The molecule has 126 valence electrons. The summed E-state index contributed by atoms with van der Waals surface area (Å²) in [4.78, 5) is 26.3. The third-order valence-corrected chi connectivity index (χ3v) is 4.18. The number of carbonyl (C=O) groups is 1. The number of hydrogen-bond donors (Lipinski definition) is 1. The zero-order chi connectivity index (χ0) is 16.8. The maximum Gasteiger partial charge on any atom is 0.267 e. The van der Waals surface area contributed by atoms with E-state index in [1.165, 1.54) is 23.6 Å². The molecule has 1 amide bonds. The number of amides is 1. The van der Waals surface area contributed by atoms with Gasteiger partial charge >= 0.3 is 0 Å². The molecule has 6 heteroatoms. The van der Waals surface area contributed by atoms with Gasteiger partial charge in [0, 0.05) is 24.7 Å². The second-order valence-electron chi connectivity index (χ2n) is 5.98. The zero-order valence-corrected chi connectivity index (χ0v) is 13.6. The van der Waals surface area contributed by atoms with Crippen molar-refractivity contribution in [1.82, 2.24) is 20.0 Å². The number of likely N-dealkylation sites (tertiary alicyclic amines) is 1. The number of carbonyl (C=O) groups excluding carboxylic acids is 1. The normalized spacial score (nSPS) is 14.7. The lowest BCUT2D eigenvalue weighted by Crippen LogP contribution is -2.37. The first-order valence-corrected chi connectivity index (χ1v) is 8.35. The van der Waals surface area contributed by atoms with E-state index < -0.39 is 0 Å². The van der Waals surface area contributed by atoms with Crippen molar-refractivity contribution in [1.29, 1.82) is 0 Å².